The molecule has 1 amide bonds. The van der Waals surface area contributed by atoms with Crippen LogP contribution >= 0.6 is 0 Å². The van der Waals surface area contributed by atoms with Crippen molar-refractivity contribution in [3.63, 3.8) is 0 Å². The van der Waals surface area contributed by atoms with Gasteiger partial charge >= 0.3 is 0 Å². The number of benzene rings is 2. The van der Waals surface area contributed by atoms with Crippen LogP contribution in [0, 0.1) is 0 Å². The van der Waals surface area contributed by atoms with Gasteiger partial charge < -0.3 is 14.8 Å². The molecule has 2 aromatic rings. The van der Waals surface area contributed by atoms with E-state index >= 15 is 0 Å². The van der Waals surface area contributed by atoms with Crippen molar-refractivity contribution in [3.05, 3.63) is 65.7 Å². The molecular weight excluding hydrogens is 340 g/mol. The van der Waals surface area contributed by atoms with Crippen LogP contribution in [0.5, 0.6) is 5.75 Å². The van der Waals surface area contributed by atoms with Crippen LogP contribution in [0.4, 0.5) is 0 Å². The summed E-state index contributed by atoms with van der Waals surface area (Å²) in [5.74, 6) is 0.574. The Balaban J connectivity index is 1.38. The monoisotopic (exact) mass is 366 g/mol. The molecule has 0 radical (unpaired) electrons. The molecule has 5 heteroatoms. The van der Waals surface area contributed by atoms with Gasteiger partial charge in [-0.05, 0) is 31.0 Å². The Bertz CT molecular complexity index is 780. The van der Waals surface area contributed by atoms with E-state index in [1.807, 2.05) is 49.4 Å². The zero-order chi connectivity index (χ0) is 18.6. The first-order valence-electron chi connectivity index (χ1n) is 9.68. The number of carbonyl (C=O) groups is 1. The van der Waals surface area contributed by atoms with E-state index in [0.29, 0.717) is 30.6 Å². The second kappa shape index (κ2) is 8.11. The lowest BCUT2D eigenvalue weighted by atomic mass is 10.1. The lowest BCUT2D eigenvalue weighted by Crippen LogP contribution is -2.43. The Morgan fingerprint density at radius 2 is 1.93 bits per heavy atom. The molecule has 0 spiro atoms. The molecule has 0 saturated carbocycles. The number of morpholine rings is 1. The highest BCUT2D eigenvalue weighted by atomic mass is 16.5. The summed E-state index contributed by atoms with van der Waals surface area (Å²) in [6.07, 6.45) is 1.03. The highest BCUT2D eigenvalue weighted by Crippen LogP contribution is 2.30. The zero-order valence-electron chi connectivity index (χ0n) is 15.6. The number of amides is 1. The van der Waals surface area contributed by atoms with Crippen LogP contribution in [-0.2, 0) is 4.74 Å². The number of carbonyl (C=O) groups excluding carboxylic acids is 1. The van der Waals surface area contributed by atoms with E-state index in [0.717, 1.165) is 19.5 Å². The second-order valence-electron chi connectivity index (χ2n) is 7.18. The molecule has 2 aliphatic rings. The van der Waals surface area contributed by atoms with Crippen molar-refractivity contribution in [2.24, 2.45) is 0 Å². The highest BCUT2D eigenvalue weighted by molar-refractivity contribution is 5.97. The van der Waals surface area contributed by atoms with Gasteiger partial charge in [-0.3, -0.25) is 9.69 Å². The maximum atomic E-state index is 12.7. The molecule has 0 aliphatic carbocycles. The molecule has 2 fully saturated rings. The molecule has 4 rings (SSSR count). The van der Waals surface area contributed by atoms with Crippen LogP contribution in [-0.4, -0.2) is 49.2 Å². The van der Waals surface area contributed by atoms with Crippen LogP contribution in [0.3, 0.4) is 0 Å². The second-order valence-corrected chi connectivity index (χ2v) is 7.18. The third kappa shape index (κ3) is 3.99. The number of ether oxygens (including phenoxy) is 2. The van der Waals surface area contributed by atoms with Crippen molar-refractivity contribution in [2.75, 3.05) is 26.3 Å². The van der Waals surface area contributed by atoms with Gasteiger partial charge in [0.2, 0.25) is 0 Å². The van der Waals surface area contributed by atoms with Gasteiger partial charge in [0.1, 0.15) is 5.75 Å². The normalized spacial score (nSPS) is 25.0. The first-order valence-corrected chi connectivity index (χ1v) is 9.68. The Morgan fingerprint density at radius 3 is 2.74 bits per heavy atom. The summed E-state index contributed by atoms with van der Waals surface area (Å²) in [5.41, 5.74) is 1.82. The molecule has 0 unspecified atom stereocenters. The maximum Gasteiger partial charge on any atom is 0.255 e. The zero-order valence-corrected chi connectivity index (χ0v) is 15.6. The highest BCUT2D eigenvalue weighted by Gasteiger charge is 2.38. The van der Waals surface area contributed by atoms with Crippen molar-refractivity contribution in [1.29, 1.82) is 0 Å². The molecule has 5 nitrogen and oxygen atoms in total. The molecule has 27 heavy (non-hydrogen) atoms. The molecule has 3 atom stereocenters. The summed E-state index contributed by atoms with van der Waals surface area (Å²) in [4.78, 5) is 15.2. The summed E-state index contributed by atoms with van der Waals surface area (Å²) in [7, 11) is 0. The fraction of sp³-hybridized carbons (Fsp3) is 0.409. The largest absolute Gasteiger partial charge is 0.493 e. The number of fused-ring (bicyclic) bond motifs is 1. The minimum atomic E-state index is -0.0653. The van der Waals surface area contributed by atoms with Crippen molar-refractivity contribution in [2.45, 2.75) is 31.5 Å². The first kappa shape index (κ1) is 18.0. The fourth-order valence-electron chi connectivity index (χ4n) is 4.05. The van der Waals surface area contributed by atoms with Crippen molar-refractivity contribution in [1.82, 2.24) is 10.2 Å². The summed E-state index contributed by atoms with van der Waals surface area (Å²) in [6.45, 7) is 4.91. The van der Waals surface area contributed by atoms with Gasteiger partial charge in [0.25, 0.3) is 5.91 Å². The van der Waals surface area contributed by atoms with Crippen LogP contribution in [0.15, 0.2) is 54.6 Å². The van der Waals surface area contributed by atoms with Crippen molar-refractivity contribution >= 4 is 5.91 Å². The van der Waals surface area contributed by atoms with Gasteiger partial charge in [-0.15, -0.1) is 0 Å². The molecular formula is C22H26N2O3. The summed E-state index contributed by atoms with van der Waals surface area (Å²) in [5, 5.41) is 3.19. The van der Waals surface area contributed by atoms with E-state index in [1.165, 1.54) is 5.56 Å². The molecule has 2 aromatic carbocycles. The summed E-state index contributed by atoms with van der Waals surface area (Å²) < 4.78 is 11.7. The number of hydrogen-bond donors (Lipinski definition) is 1. The summed E-state index contributed by atoms with van der Waals surface area (Å²) >= 11 is 0. The quantitative estimate of drug-likeness (QED) is 0.884. The van der Waals surface area contributed by atoms with E-state index in [-0.39, 0.29) is 18.1 Å². The Kier molecular flexibility index (Phi) is 5.41. The molecule has 2 heterocycles. The smallest absolute Gasteiger partial charge is 0.255 e. The lowest BCUT2D eigenvalue weighted by Gasteiger charge is -2.35. The predicted octanol–water partition coefficient (Wildman–Crippen LogP) is 3.03. The number of rotatable bonds is 5. The number of hydrogen-bond acceptors (Lipinski definition) is 4. The van der Waals surface area contributed by atoms with Crippen LogP contribution < -0.4 is 10.1 Å². The standard InChI is InChI=1S/C22H26N2O3/c1-2-26-20-11-7-6-10-19(20)22(25)23-17-12-18-15-27-21(14-24(18)13-17)16-8-4-3-5-9-16/h3-11,17-18,21H,2,12-15H2,1H3,(H,23,25)/t17-,18+,21-/m1/s1. The van der Waals surface area contributed by atoms with E-state index in [9.17, 15) is 4.79 Å². The lowest BCUT2D eigenvalue weighted by molar-refractivity contribution is -0.0502. The number of para-hydroxylation sites is 1. The average molecular weight is 366 g/mol. The average Bonchev–Trinajstić information content (AvgIpc) is 3.10. The molecule has 142 valence electrons. The molecule has 2 saturated heterocycles. The first-order chi connectivity index (χ1) is 13.2. The van der Waals surface area contributed by atoms with Gasteiger partial charge in [-0.1, -0.05) is 42.5 Å². The van der Waals surface area contributed by atoms with E-state index in [4.69, 9.17) is 9.47 Å². The molecule has 2 aliphatic heterocycles. The van der Waals surface area contributed by atoms with Crippen LogP contribution in [0.25, 0.3) is 0 Å². The van der Waals surface area contributed by atoms with Crippen LogP contribution in [0.1, 0.15) is 35.4 Å². The van der Waals surface area contributed by atoms with Gasteiger partial charge in [-0.2, -0.15) is 0 Å². The third-order valence-electron chi connectivity index (χ3n) is 5.36. The minimum absolute atomic E-state index is 0.0653. The van der Waals surface area contributed by atoms with Gasteiger partial charge in [0.05, 0.1) is 24.9 Å². The Morgan fingerprint density at radius 1 is 1.15 bits per heavy atom. The van der Waals surface area contributed by atoms with Gasteiger partial charge in [0.15, 0.2) is 0 Å². The Hall–Kier alpha value is -2.37. The van der Waals surface area contributed by atoms with Crippen molar-refractivity contribution in [3.8, 4) is 5.75 Å². The van der Waals surface area contributed by atoms with Crippen molar-refractivity contribution < 1.29 is 14.3 Å². The predicted molar refractivity (Wildman–Crippen MR) is 104 cm³/mol. The fourth-order valence-corrected chi connectivity index (χ4v) is 4.05. The minimum Gasteiger partial charge on any atom is -0.493 e. The molecule has 0 bridgehead atoms. The van der Waals surface area contributed by atoms with E-state index in [1.54, 1.807) is 0 Å². The van der Waals surface area contributed by atoms with E-state index < -0.39 is 0 Å². The molecule has 1 N–H and O–H groups in total. The van der Waals surface area contributed by atoms with E-state index in [2.05, 4.69) is 22.3 Å². The maximum absolute atomic E-state index is 12.7. The number of nitrogens with one attached hydrogen (secondary N) is 1. The summed E-state index contributed by atoms with van der Waals surface area (Å²) in [6, 6.07) is 18.3. The number of nitrogens with zero attached hydrogens (tertiary/aromatic N) is 1. The van der Waals surface area contributed by atoms with Gasteiger partial charge in [0, 0.05) is 25.2 Å². The topological polar surface area (TPSA) is 50.8 Å². The SMILES string of the molecule is CCOc1ccccc1C(=O)N[C@@H]1C[C@H]2CO[C@@H](c3ccccc3)CN2C1. The van der Waals surface area contributed by atoms with Crippen LogP contribution in [0.2, 0.25) is 0 Å². The molecule has 0 aromatic heterocycles. The third-order valence-corrected chi connectivity index (χ3v) is 5.36. The van der Waals surface area contributed by atoms with Gasteiger partial charge in [-0.25, -0.2) is 0 Å². The Labute approximate surface area is 160 Å².